The molecule has 2 aromatic carbocycles. The fourth-order valence-electron chi connectivity index (χ4n) is 3.35. The Morgan fingerprint density at radius 3 is 2.29 bits per heavy atom. The van der Waals surface area contributed by atoms with Crippen LogP contribution in [0.5, 0.6) is 5.75 Å². The summed E-state index contributed by atoms with van der Waals surface area (Å²) in [6.45, 7) is 4.90. The van der Waals surface area contributed by atoms with Crippen molar-refractivity contribution in [3.8, 4) is 5.75 Å². The van der Waals surface area contributed by atoms with Crippen molar-refractivity contribution >= 4 is 11.8 Å². The molecule has 1 aliphatic rings. The first-order valence-electron chi connectivity index (χ1n) is 9.52. The quantitative estimate of drug-likeness (QED) is 0.771. The third kappa shape index (κ3) is 4.51. The summed E-state index contributed by atoms with van der Waals surface area (Å²) in [7, 11) is 1.63. The number of carbonyl (C=O) groups is 2. The largest absolute Gasteiger partial charge is 0.493 e. The molecule has 0 aromatic heterocycles. The summed E-state index contributed by atoms with van der Waals surface area (Å²) >= 11 is 0. The summed E-state index contributed by atoms with van der Waals surface area (Å²) in [6.07, 6.45) is 0. The molecule has 0 saturated carbocycles. The average Bonchev–Trinajstić information content (AvgIpc) is 2.74. The van der Waals surface area contributed by atoms with Gasteiger partial charge in [-0.1, -0.05) is 24.3 Å². The van der Waals surface area contributed by atoms with Gasteiger partial charge in [-0.3, -0.25) is 9.59 Å². The highest BCUT2D eigenvalue weighted by Crippen LogP contribution is 2.21. The summed E-state index contributed by atoms with van der Waals surface area (Å²) in [5.41, 5.74) is 2.18. The van der Waals surface area contributed by atoms with Gasteiger partial charge in [0, 0.05) is 38.9 Å². The van der Waals surface area contributed by atoms with Crippen molar-refractivity contribution in [2.75, 3.05) is 39.9 Å². The maximum absolute atomic E-state index is 12.9. The lowest BCUT2D eigenvalue weighted by Gasteiger charge is -2.35. The molecule has 6 heteroatoms. The number of hydrogen-bond donors (Lipinski definition) is 0. The maximum Gasteiger partial charge on any atom is 0.257 e. The lowest BCUT2D eigenvalue weighted by atomic mass is 10.1. The van der Waals surface area contributed by atoms with Crippen LogP contribution in [-0.2, 0) is 11.3 Å². The number of para-hydroxylation sites is 1. The SMILES string of the molecule is CCOc1ccccc1C(=O)N1CCN(C(=O)c2cccc(COC)c2)CC1. The van der Waals surface area contributed by atoms with Gasteiger partial charge in [0.15, 0.2) is 0 Å². The number of amides is 2. The molecule has 1 saturated heterocycles. The molecule has 0 radical (unpaired) electrons. The van der Waals surface area contributed by atoms with Crippen LogP contribution < -0.4 is 4.74 Å². The molecule has 0 unspecified atom stereocenters. The molecule has 3 rings (SSSR count). The van der Waals surface area contributed by atoms with Gasteiger partial charge in [-0.05, 0) is 36.8 Å². The molecule has 148 valence electrons. The molecule has 0 atom stereocenters. The van der Waals surface area contributed by atoms with Crippen molar-refractivity contribution in [2.45, 2.75) is 13.5 Å². The zero-order chi connectivity index (χ0) is 19.9. The van der Waals surface area contributed by atoms with Gasteiger partial charge in [-0.15, -0.1) is 0 Å². The third-order valence-corrected chi connectivity index (χ3v) is 4.76. The van der Waals surface area contributed by atoms with Gasteiger partial charge < -0.3 is 19.3 Å². The van der Waals surface area contributed by atoms with E-state index in [1.807, 2.05) is 49.4 Å². The molecule has 0 spiro atoms. The van der Waals surface area contributed by atoms with Gasteiger partial charge in [0.25, 0.3) is 11.8 Å². The topological polar surface area (TPSA) is 59.1 Å². The van der Waals surface area contributed by atoms with Crippen molar-refractivity contribution in [3.63, 3.8) is 0 Å². The highest BCUT2D eigenvalue weighted by molar-refractivity contribution is 5.97. The van der Waals surface area contributed by atoms with Crippen LogP contribution in [0.4, 0.5) is 0 Å². The number of benzene rings is 2. The zero-order valence-electron chi connectivity index (χ0n) is 16.4. The van der Waals surface area contributed by atoms with Crippen molar-refractivity contribution < 1.29 is 19.1 Å². The molecule has 0 N–H and O–H groups in total. The minimum absolute atomic E-state index is 0.0141. The second-order valence-corrected chi connectivity index (χ2v) is 6.65. The first kappa shape index (κ1) is 19.9. The fourth-order valence-corrected chi connectivity index (χ4v) is 3.35. The number of ether oxygens (including phenoxy) is 2. The molecule has 1 heterocycles. The maximum atomic E-state index is 12.9. The molecular formula is C22H26N2O4. The summed E-state index contributed by atoms with van der Waals surface area (Å²) in [5, 5.41) is 0. The molecule has 6 nitrogen and oxygen atoms in total. The normalized spacial score (nSPS) is 14.1. The average molecular weight is 382 g/mol. The zero-order valence-corrected chi connectivity index (χ0v) is 16.4. The van der Waals surface area contributed by atoms with E-state index in [1.54, 1.807) is 23.0 Å². The van der Waals surface area contributed by atoms with E-state index in [9.17, 15) is 9.59 Å². The van der Waals surface area contributed by atoms with E-state index in [0.29, 0.717) is 56.3 Å². The molecule has 0 aliphatic carbocycles. The lowest BCUT2D eigenvalue weighted by molar-refractivity contribution is 0.0533. The van der Waals surface area contributed by atoms with Gasteiger partial charge >= 0.3 is 0 Å². The van der Waals surface area contributed by atoms with Crippen LogP contribution in [0, 0.1) is 0 Å². The monoisotopic (exact) mass is 382 g/mol. The van der Waals surface area contributed by atoms with E-state index in [-0.39, 0.29) is 11.8 Å². The highest BCUT2D eigenvalue weighted by atomic mass is 16.5. The molecule has 1 aliphatic heterocycles. The molecule has 1 fully saturated rings. The number of methoxy groups -OCH3 is 1. The van der Waals surface area contributed by atoms with Crippen molar-refractivity contribution in [1.29, 1.82) is 0 Å². The minimum atomic E-state index is -0.0572. The van der Waals surface area contributed by atoms with Crippen molar-refractivity contribution in [2.24, 2.45) is 0 Å². The van der Waals surface area contributed by atoms with E-state index in [4.69, 9.17) is 9.47 Å². The van der Waals surface area contributed by atoms with Crippen LogP contribution in [0.2, 0.25) is 0 Å². The Balaban J connectivity index is 1.63. The summed E-state index contributed by atoms with van der Waals surface area (Å²) in [6, 6.07) is 14.8. The summed E-state index contributed by atoms with van der Waals surface area (Å²) in [4.78, 5) is 29.3. The Hall–Kier alpha value is -2.86. The summed E-state index contributed by atoms with van der Waals surface area (Å²) < 4.78 is 10.7. The van der Waals surface area contributed by atoms with Crippen LogP contribution in [0.15, 0.2) is 48.5 Å². The fraction of sp³-hybridized carbons (Fsp3) is 0.364. The predicted octanol–water partition coefficient (Wildman–Crippen LogP) is 2.83. The molecule has 2 aromatic rings. The Kier molecular flexibility index (Phi) is 6.66. The summed E-state index contributed by atoms with van der Waals surface area (Å²) in [5.74, 6) is 0.529. The van der Waals surface area contributed by atoms with Crippen molar-refractivity contribution in [1.82, 2.24) is 9.80 Å². The lowest BCUT2D eigenvalue weighted by Crippen LogP contribution is -2.50. The van der Waals surface area contributed by atoms with Gasteiger partial charge in [0.2, 0.25) is 0 Å². The van der Waals surface area contributed by atoms with Crippen LogP contribution in [-0.4, -0.2) is 61.5 Å². The van der Waals surface area contributed by atoms with Gasteiger partial charge in [-0.2, -0.15) is 0 Å². The van der Waals surface area contributed by atoms with Gasteiger partial charge in [0.05, 0.1) is 18.8 Å². The minimum Gasteiger partial charge on any atom is -0.493 e. The Morgan fingerprint density at radius 2 is 1.61 bits per heavy atom. The van der Waals surface area contributed by atoms with Crippen LogP contribution in [0.3, 0.4) is 0 Å². The van der Waals surface area contributed by atoms with E-state index in [1.165, 1.54) is 0 Å². The predicted molar refractivity (Wildman–Crippen MR) is 107 cm³/mol. The Morgan fingerprint density at radius 1 is 0.929 bits per heavy atom. The Labute approximate surface area is 165 Å². The smallest absolute Gasteiger partial charge is 0.257 e. The molecular weight excluding hydrogens is 356 g/mol. The van der Waals surface area contributed by atoms with Crippen molar-refractivity contribution in [3.05, 3.63) is 65.2 Å². The first-order valence-corrected chi connectivity index (χ1v) is 9.52. The van der Waals surface area contributed by atoms with E-state index in [2.05, 4.69) is 0 Å². The Bertz CT molecular complexity index is 829. The first-order chi connectivity index (χ1) is 13.6. The van der Waals surface area contributed by atoms with Crippen LogP contribution in [0.25, 0.3) is 0 Å². The highest BCUT2D eigenvalue weighted by Gasteiger charge is 2.27. The number of piperazine rings is 1. The standard InChI is InChI=1S/C22H26N2O4/c1-3-28-20-10-5-4-9-19(20)22(26)24-13-11-23(12-14-24)21(25)18-8-6-7-17(15-18)16-27-2/h4-10,15H,3,11-14,16H2,1-2H3. The number of nitrogens with zero attached hydrogens (tertiary/aromatic N) is 2. The van der Waals surface area contributed by atoms with Crippen LogP contribution in [0.1, 0.15) is 33.2 Å². The number of hydrogen-bond acceptors (Lipinski definition) is 4. The number of carbonyl (C=O) groups excluding carboxylic acids is 2. The molecule has 2 amide bonds. The number of rotatable bonds is 6. The van der Waals surface area contributed by atoms with E-state index in [0.717, 1.165) is 5.56 Å². The molecule has 28 heavy (non-hydrogen) atoms. The molecule has 0 bridgehead atoms. The van der Waals surface area contributed by atoms with Gasteiger partial charge in [-0.25, -0.2) is 0 Å². The van der Waals surface area contributed by atoms with Crippen LogP contribution >= 0.6 is 0 Å². The third-order valence-electron chi connectivity index (χ3n) is 4.76. The second-order valence-electron chi connectivity index (χ2n) is 6.65. The van der Waals surface area contributed by atoms with E-state index >= 15 is 0 Å². The second kappa shape index (κ2) is 9.37. The van der Waals surface area contributed by atoms with E-state index < -0.39 is 0 Å². The van der Waals surface area contributed by atoms with Gasteiger partial charge in [0.1, 0.15) is 5.75 Å².